The van der Waals surface area contributed by atoms with Crippen molar-refractivity contribution in [2.45, 2.75) is 26.2 Å². The minimum absolute atomic E-state index is 0.274. The van der Waals surface area contributed by atoms with Crippen LogP contribution in [0.25, 0.3) is 0 Å². The lowest BCUT2D eigenvalue weighted by molar-refractivity contribution is -0.113. The molecule has 0 spiro atoms. The monoisotopic (exact) mass is 272 g/mol. The summed E-state index contributed by atoms with van der Waals surface area (Å²) in [6.07, 6.45) is 0.645. The number of rotatable bonds is 4. The molecular formula is C17H17ClO. The van der Waals surface area contributed by atoms with Crippen LogP contribution in [0.5, 0.6) is 0 Å². The van der Waals surface area contributed by atoms with Crippen molar-refractivity contribution in [1.82, 2.24) is 0 Å². The minimum Gasteiger partial charge on any atom is -0.281 e. The first-order valence-electron chi connectivity index (χ1n) is 6.37. The van der Waals surface area contributed by atoms with E-state index in [1.165, 1.54) is 5.56 Å². The molecule has 2 heteroatoms. The van der Waals surface area contributed by atoms with E-state index in [0.29, 0.717) is 6.42 Å². The quantitative estimate of drug-likeness (QED) is 0.754. The molecule has 19 heavy (non-hydrogen) atoms. The van der Waals surface area contributed by atoms with Crippen molar-refractivity contribution in [2.75, 3.05) is 0 Å². The van der Waals surface area contributed by atoms with E-state index < -0.39 is 0 Å². The lowest BCUT2D eigenvalue weighted by Crippen LogP contribution is -2.10. The average Bonchev–Trinajstić information content (AvgIpc) is 2.37. The van der Waals surface area contributed by atoms with Gasteiger partial charge < -0.3 is 0 Å². The van der Waals surface area contributed by atoms with Gasteiger partial charge in [0.2, 0.25) is 5.24 Å². The first-order chi connectivity index (χ1) is 9.06. The van der Waals surface area contributed by atoms with Gasteiger partial charge in [0.15, 0.2) is 0 Å². The van der Waals surface area contributed by atoms with E-state index in [9.17, 15) is 4.79 Å². The van der Waals surface area contributed by atoms with Crippen LogP contribution in [0.1, 0.15) is 28.2 Å². The Bertz CT molecular complexity index is 572. The molecule has 0 fully saturated rings. The van der Waals surface area contributed by atoms with Gasteiger partial charge in [-0.25, -0.2) is 0 Å². The topological polar surface area (TPSA) is 17.1 Å². The summed E-state index contributed by atoms with van der Waals surface area (Å²) in [5, 5.41) is -0.300. The predicted molar refractivity (Wildman–Crippen MR) is 79.7 cm³/mol. The Labute approximate surface area is 119 Å². The molecule has 0 aliphatic heterocycles. The summed E-state index contributed by atoms with van der Waals surface area (Å²) in [6, 6.07) is 16.2. The molecule has 0 amide bonds. The van der Waals surface area contributed by atoms with Gasteiger partial charge in [0.25, 0.3) is 0 Å². The molecular weight excluding hydrogens is 256 g/mol. The van der Waals surface area contributed by atoms with E-state index in [1.54, 1.807) is 0 Å². The highest BCUT2D eigenvalue weighted by molar-refractivity contribution is 6.64. The Balaban J connectivity index is 2.26. The first-order valence-corrected chi connectivity index (χ1v) is 6.75. The molecule has 2 aromatic carbocycles. The smallest absolute Gasteiger partial charge is 0.229 e. The van der Waals surface area contributed by atoms with E-state index in [-0.39, 0.29) is 11.2 Å². The Morgan fingerprint density at radius 2 is 1.74 bits per heavy atom. The number of hydrogen-bond donors (Lipinski definition) is 0. The lowest BCUT2D eigenvalue weighted by atomic mass is 9.92. The number of benzene rings is 2. The third-order valence-electron chi connectivity index (χ3n) is 3.28. The van der Waals surface area contributed by atoms with Crippen molar-refractivity contribution in [3.63, 3.8) is 0 Å². The molecule has 0 heterocycles. The van der Waals surface area contributed by atoms with Crippen LogP contribution in [-0.2, 0) is 11.2 Å². The van der Waals surface area contributed by atoms with Crippen LogP contribution in [0.4, 0.5) is 0 Å². The molecule has 1 nitrogen and oxygen atoms in total. The zero-order valence-corrected chi connectivity index (χ0v) is 11.9. The molecule has 0 radical (unpaired) electrons. The number of halogens is 1. The van der Waals surface area contributed by atoms with Gasteiger partial charge in [0.1, 0.15) is 0 Å². The van der Waals surface area contributed by atoms with Crippen LogP contribution in [0.2, 0.25) is 0 Å². The average molecular weight is 273 g/mol. The minimum atomic E-state index is -0.300. The third-order valence-corrected chi connectivity index (χ3v) is 3.54. The molecule has 0 N–H and O–H groups in total. The van der Waals surface area contributed by atoms with E-state index in [0.717, 1.165) is 16.7 Å². The van der Waals surface area contributed by atoms with Crippen molar-refractivity contribution in [3.05, 3.63) is 70.8 Å². The van der Waals surface area contributed by atoms with Crippen molar-refractivity contribution in [2.24, 2.45) is 0 Å². The standard InChI is InChI=1S/C17H17ClO/c1-12-6-8-14(9-7-12)11-16(17(18)19)15-5-3-4-13(2)10-15/h3-10,16H,11H2,1-2H3. The summed E-state index contributed by atoms with van der Waals surface area (Å²) < 4.78 is 0. The number of aryl methyl sites for hydroxylation is 2. The maximum atomic E-state index is 11.7. The molecule has 0 saturated carbocycles. The van der Waals surface area contributed by atoms with Crippen molar-refractivity contribution < 1.29 is 4.79 Å². The molecule has 1 unspecified atom stereocenters. The summed E-state index contributed by atoms with van der Waals surface area (Å²) in [4.78, 5) is 11.7. The maximum absolute atomic E-state index is 11.7. The number of hydrogen-bond acceptors (Lipinski definition) is 1. The molecule has 2 rings (SSSR count). The number of carbonyl (C=O) groups excluding carboxylic acids is 1. The Morgan fingerprint density at radius 1 is 1.05 bits per heavy atom. The van der Waals surface area contributed by atoms with Crippen molar-refractivity contribution >= 4 is 16.8 Å². The predicted octanol–water partition coefficient (Wildman–Crippen LogP) is 4.40. The van der Waals surface area contributed by atoms with E-state index >= 15 is 0 Å². The highest BCUT2D eigenvalue weighted by atomic mass is 35.5. The fourth-order valence-corrected chi connectivity index (χ4v) is 2.38. The van der Waals surface area contributed by atoms with E-state index in [4.69, 9.17) is 11.6 Å². The van der Waals surface area contributed by atoms with Crippen molar-refractivity contribution in [3.8, 4) is 0 Å². The highest BCUT2D eigenvalue weighted by Crippen LogP contribution is 2.24. The third kappa shape index (κ3) is 3.68. The highest BCUT2D eigenvalue weighted by Gasteiger charge is 2.19. The van der Waals surface area contributed by atoms with Crippen LogP contribution in [0.3, 0.4) is 0 Å². The number of carbonyl (C=O) groups is 1. The van der Waals surface area contributed by atoms with E-state index in [2.05, 4.69) is 31.2 Å². The molecule has 0 aliphatic rings. The molecule has 1 atom stereocenters. The Kier molecular flexibility index (Phi) is 4.39. The molecule has 0 aliphatic carbocycles. The fraction of sp³-hybridized carbons (Fsp3) is 0.235. The SMILES string of the molecule is Cc1ccc(CC(C(=O)Cl)c2cccc(C)c2)cc1. The maximum Gasteiger partial charge on any atom is 0.229 e. The van der Waals surface area contributed by atoms with Gasteiger partial charge in [-0.15, -0.1) is 0 Å². The Hall–Kier alpha value is -1.60. The van der Waals surface area contributed by atoms with Gasteiger partial charge in [-0.2, -0.15) is 0 Å². The van der Waals surface area contributed by atoms with Gasteiger partial charge in [0.05, 0.1) is 5.92 Å². The van der Waals surface area contributed by atoms with Crippen LogP contribution in [0, 0.1) is 13.8 Å². The molecule has 98 valence electrons. The zero-order valence-electron chi connectivity index (χ0n) is 11.2. The van der Waals surface area contributed by atoms with Gasteiger partial charge >= 0.3 is 0 Å². The molecule has 0 saturated heterocycles. The first kappa shape index (κ1) is 13.8. The van der Waals surface area contributed by atoms with Gasteiger partial charge in [0, 0.05) is 0 Å². The second kappa shape index (κ2) is 6.03. The second-order valence-corrected chi connectivity index (χ2v) is 5.33. The van der Waals surface area contributed by atoms with Crippen LogP contribution >= 0.6 is 11.6 Å². The van der Waals surface area contributed by atoms with Gasteiger partial charge in [-0.1, -0.05) is 59.7 Å². The summed E-state index contributed by atoms with van der Waals surface area (Å²) in [7, 11) is 0. The fourth-order valence-electron chi connectivity index (χ4n) is 2.18. The van der Waals surface area contributed by atoms with Gasteiger partial charge in [-0.3, -0.25) is 4.79 Å². The van der Waals surface area contributed by atoms with Gasteiger partial charge in [-0.05, 0) is 43.0 Å². The Morgan fingerprint density at radius 3 is 2.32 bits per heavy atom. The van der Waals surface area contributed by atoms with E-state index in [1.807, 2.05) is 31.2 Å². The summed E-state index contributed by atoms with van der Waals surface area (Å²) >= 11 is 5.77. The lowest BCUT2D eigenvalue weighted by Gasteiger charge is -2.14. The largest absolute Gasteiger partial charge is 0.281 e. The normalized spacial score (nSPS) is 12.2. The van der Waals surface area contributed by atoms with Crippen molar-refractivity contribution in [1.29, 1.82) is 0 Å². The molecule has 2 aromatic rings. The van der Waals surface area contributed by atoms with Crippen LogP contribution < -0.4 is 0 Å². The summed E-state index contributed by atoms with van der Waals surface area (Å²) in [6.45, 7) is 4.07. The summed E-state index contributed by atoms with van der Waals surface area (Å²) in [5.41, 5.74) is 4.48. The summed E-state index contributed by atoms with van der Waals surface area (Å²) in [5.74, 6) is -0.274. The second-order valence-electron chi connectivity index (χ2n) is 4.96. The molecule has 0 aromatic heterocycles. The zero-order chi connectivity index (χ0) is 13.8. The van der Waals surface area contributed by atoms with Crippen LogP contribution in [-0.4, -0.2) is 5.24 Å². The molecule has 0 bridgehead atoms. The van der Waals surface area contributed by atoms with Crippen LogP contribution in [0.15, 0.2) is 48.5 Å².